The van der Waals surface area contributed by atoms with Crippen LogP contribution in [0.1, 0.15) is 76.3 Å². The highest BCUT2D eigenvalue weighted by atomic mass is 35.5. The number of phenolic OH excluding ortho intramolecular Hbond substituents is 2. The molecule has 2 aliphatic heterocycles. The highest BCUT2D eigenvalue weighted by Crippen LogP contribution is 2.39. The second-order valence-electron chi connectivity index (χ2n) is 10.8. The zero-order valence-corrected chi connectivity index (χ0v) is 23.8. The summed E-state index contributed by atoms with van der Waals surface area (Å²) in [6.45, 7) is 11.3. The summed E-state index contributed by atoms with van der Waals surface area (Å²) < 4.78 is 0. The first-order chi connectivity index (χ1) is 16.5. The van der Waals surface area contributed by atoms with Crippen LogP contribution in [0.5, 0.6) is 11.5 Å². The van der Waals surface area contributed by atoms with Crippen molar-refractivity contribution in [1.82, 2.24) is 9.80 Å². The molecule has 6 heteroatoms. The highest BCUT2D eigenvalue weighted by Gasteiger charge is 2.36. The zero-order chi connectivity index (χ0) is 24.0. The Morgan fingerprint density at radius 1 is 0.667 bits per heavy atom. The van der Waals surface area contributed by atoms with Gasteiger partial charge in [0, 0.05) is 37.0 Å². The predicted molar refractivity (Wildman–Crippen MR) is 155 cm³/mol. The molecule has 2 atom stereocenters. The Kier molecular flexibility index (Phi) is 11.9. The maximum atomic E-state index is 10.1. The molecule has 2 fully saturated rings. The third kappa shape index (κ3) is 7.10. The van der Waals surface area contributed by atoms with Crippen molar-refractivity contribution in [3.05, 3.63) is 59.7 Å². The van der Waals surface area contributed by atoms with Gasteiger partial charge in [-0.3, -0.25) is 0 Å². The maximum Gasteiger partial charge on any atom is 0.115 e. The summed E-state index contributed by atoms with van der Waals surface area (Å²) in [6, 6.07) is 16.0. The van der Waals surface area contributed by atoms with Gasteiger partial charge in [0.25, 0.3) is 0 Å². The maximum absolute atomic E-state index is 10.1. The fourth-order valence-electron chi connectivity index (χ4n) is 6.56. The molecule has 2 heterocycles. The Labute approximate surface area is 230 Å². The fourth-order valence-corrected chi connectivity index (χ4v) is 6.56. The summed E-state index contributed by atoms with van der Waals surface area (Å²) in [5.74, 6) is 0.766. The van der Waals surface area contributed by atoms with Crippen LogP contribution in [0.3, 0.4) is 0 Å². The van der Waals surface area contributed by atoms with E-state index in [0.29, 0.717) is 11.5 Å². The standard InChI is InChI=1S/C30H44N2O2.2ClH/c1-3-29(25-11-9-13-27(33)21-25)15-5-7-17-31(23-29)19-20-32-18-8-6-16-30(4-2,24-32)26-12-10-14-28(34)22-26;;/h9-14,21-22,33-34H,3-8,15-20,23-24H2,1-2H3;2*1H/t29-,30-;;/m1../s1. The zero-order valence-electron chi connectivity index (χ0n) is 22.1. The van der Waals surface area contributed by atoms with E-state index in [1.807, 2.05) is 24.3 Å². The smallest absolute Gasteiger partial charge is 0.115 e. The molecule has 0 amide bonds. The summed E-state index contributed by atoms with van der Waals surface area (Å²) in [6.07, 6.45) is 9.61. The van der Waals surface area contributed by atoms with Gasteiger partial charge in [0.2, 0.25) is 0 Å². The summed E-state index contributed by atoms with van der Waals surface area (Å²) in [4.78, 5) is 5.38. The van der Waals surface area contributed by atoms with Crippen molar-refractivity contribution in [1.29, 1.82) is 0 Å². The average Bonchev–Trinajstić information content (AvgIpc) is 3.20. The van der Waals surface area contributed by atoms with Gasteiger partial charge in [-0.05, 0) is 87.0 Å². The molecule has 4 nitrogen and oxygen atoms in total. The minimum absolute atomic E-state index is 0. The fraction of sp³-hybridized carbons (Fsp3) is 0.600. The van der Waals surface area contributed by atoms with Gasteiger partial charge in [-0.1, -0.05) is 51.0 Å². The molecule has 0 spiro atoms. The lowest BCUT2D eigenvalue weighted by Gasteiger charge is -2.39. The molecule has 2 aromatic rings. The largest absolute Gasteiger partial charge is 0.508 e. The van der Waals surface area contributed by atoms with Gasteiger partial charge in [0.1, 0.15) is 11.5 Å². The number of likely N-dealkylation sites (tertiary alicyclic amines) is 2. The third-order valence-corrected chi connectivity index (χ3v) is 8.81. The molecule has 202 valence electrons. The lowest BCUT2D eigenvalue weighted by Crippen LogP contribution is -2.45. The quantitative estimate of drug-likeness (QED) is 0.403. The van der Waals surface area contributed by atoms with E-state index in [1.54, 1.807) is 12.1 Å². The van der Waals surface area contributed by atoms with Crippen LogP contribution in [0.25, 0.3) is 0 Å². The highest BCUT2D eigenvalue weighted by molar-refractivity contribution is 5.85. The van der Waals surface area contributed by atoms with E-state index in [1.165, 1.54) is 62.7 Å². The molecule has 0 saturated carbocycles. The van der Waals surface area contributed by atoms with Crippen LogP contribution < -0.4 is 0 Å². The van der Waals surface area contributed by atoms with E-state index in [9.17, 15) is 10.2 Å². The SMILES string of the molecule is CC[C@@]1(c2cccc(O)c2)CCCCN(CCN2CCCC[C@@](CC)(c3cccc(O)c3)C2)C1.Cl.Cl. The van der Waals surface area contributed by atoms with Crippen LogP contribution in [0.4, 0.5) is 0 Å². The Hall–Kier alpha value is -1.46. The number of nitrogens with zero attached hydrogens (tertiary/aromatic N) is 2. The van der Waals surface area contributed by atoms with Gasteiger partial charge in [-0.25, -0.2) is 0 Å². The van der Waals surface area contributed by atoms with Crippen LogP contribution in [0, 0.1) is 0 Å². The van der Waals surface area contributed by atoms with Gasteiger partial charge >= 0.3 is 0 Å². The van der Waals surface area contributed by atoms with Gasteiger partial charge < -0.3 is 20.0 Å². The molecule has 2 N–H and O–H groups in total. The van der Waals surface area contributed by atoms with Crippen molar-refractivity contribution in [2.45, 2.75) is 76.0 Å². The molecule has 4 rings (SSSR count). The summed E-state index contributed by atoms with van der Waals surface area (Å²) in [7, 11) is 0. The average molecular weight is 538 g/mol. The second kappa shape index (κ2) is 13.9. The van der Waals surface area contributed by atoms with Crippen molar-refractivity contribution >= 4 is 24.8 Å². The van der Waals surface area contributed by atoms with E-state index in [0.717, 1.165) is 39.0 Å². The van der Waals surface area contributed by atoms with Gasteiger partial charge in [0.05, 0.1) is 0 Å². The summed E-state index contributed by atoms with van der Waals surface area (Å²) in [5.41, 5.74) is 2.85. The Balaban J connectivity index is 0.00000228. The van der Waals surface area contributed by atoms with Crippen molar-refractivity contribution in [2.24, 2.45) is 0 Å². The summed E-state index contributed by atoms with van der Waals surface area (Å²) in [5, 5.41) is 20.3. The molecule has 0 unspecified atom stereocenters. The minimum Gasteiger partial charge on any atom is -0.508 e. The lowest BCUT2D eigenvalue weighted by molar-refractivity contribution is 0.162. The number of hydrogen-bond acceptors (Lipinski definition) is 4. The number of halogens is 2. The summed E-state index contributed by atoms with van der Waals surface area (Å²) >= 11 is 0. The molecule has 0 aromatic heterocycles. The van der Waals surface area contributed by atoms with E-state index in [4.69, 9.17) is 0 Å². The molecular weight excluding hydrogens is 491 g/mol. The first-order valence-corrected chi connectivity index (χ1v) is 13.5. The first-order valence-electron chi connectivity index (χ1n) is 13.5. The van der Waals surface area contributed by atoms with E-state index < -0.39 is 0 Å². The second-order valence-corrected chi connectivity index (χ2v) is 10.8. The van der Waals surface area contributed by atoms with Crippen LogP contribution in [-0.4, -0.2) is 59.3 Å². The topological polar surface area (TPSA) is 46.9 Å². The third-order valence-electron chi connectivity index (χ3n) is 8.81. The molecule has 2 aromatic carbocycles. The van der Waals surface area contributed by atoms with Crippen LogP contribution in [0.15, 0.2) is 48.5 Å². The predicted octanol–water partition coefficient (Wildman–Crippen LogP) is 6.91. The molecule has 0 bridgehead atoms. The van der Waals surface area contributed by atoms with E-state index in [-0.39, 0.29) is 35.6 Å². The monoisotopic (exact) mass is 536 g/mol. The number of benzene rings is 2. The Bertz CT molecular complexity index is 867. The van der Waals surface area contributed by atoms with Crippen molar-refractivity contribution in [3.63, 3.8) is 0 Å². The number of hydrogen-bond donors (Lipinski definition) is 2. The first kappa shape index (κ1) is 30.8. The van der Waals surface area contributed by atoms with Crippen LogP contribution in [0.2, 0.25) is 0 Å². The van der Waals surface area contributed by atoms with Crippen molar-refractivity contribution in [3.8, 4) is 11.5 Å². The van der Waals surface area contributed by atoms with Crippen LogP contribution in [-0.2, 0) is 10.8 Å². The lowest BCUT2D eigenvalue weighted by atomic mass is 9.74. The number of phenols is 2. The molecule has 2 saturated heterocycles. The number of aromatic hydroxyl groups is 2. The molecule has 2 aliphatic rings. The van der Waals surface area contributed by atoms with Gasteiger partial charge in [-0.2, -0.15) is 0 Å². The van der Waals surface area contributed by atoms with Crippen molar-refractivity contribution in [2.75, 3.05) is 39.3 Å². The van der Waals surface area contributed by atoms with E-state index >= 15 is 0 Å². The number of rotatable bonds is 7. The molecular formula is C30H46Cl2N2O2. The van der Waals surface area contributed by atoms with Gasteiger partial charge in [-0.15, -0.1) is 24.8 Å². The van der Waals surface area contributed by atoms with Gasteiger partial charge in [0.15, 0.2) is 0 Å². The molecule has 0 radical (unpaired) electrons. The van der Waals surface area contributed by atoms with Crippen molar-refractivity contribution < 1.29 is 10.2 Å². The Morgan fingerprint density at radius 3 is 1.44 bits per heavy atom. The van der Waals surface area contributed by atoms with Crippen LogP contribution >= 0.6 is 24.8 Å². The Morgan fingerprint density at radius 2 is 1.08 bits per heavy atom. The minimum atomic E-state index is 0. The normalized spacial score (nSPS) is 25.7. The molecule has 0 aliphatic carbocycles. The van der Waals surface area contributed by atoms with E-state index in [2.05, 4.69) is 35.8 Å². The molecule has 36 heavy (non-hydrogen) atoms.